The second kappa shape index (κ2) is 30.2. The molecule has 7 aromatic heterocycles. The van der Waals surface area contributed by atoms with Gasteiger partial charge in [-0.3, -0.25) is 28.8 Å². The molecule has 0 radical (unpaired) electrons. The molecule has 0 aliphatic carbocycles. The second-order valence-electron chi connectivity index (χ2n) is 25.3. The third-order valence-electron chi connectivity index (χ3n) is 17.6. The first kappa shape index (κ1) is 73.8. The molecule has 12 bridgehead atoms. The fraction of sp³-hybridized carbons (Fsp3) is 0.343. The molecule has 13 rings (SSSR count). The van der Waals surface area contributed by atoms with Crippen LogP contribution in [0.3, 0.4) is 0 Å². The number of benzene rings is 2. The first-order chi connectivity index (χ1) is 50.6. The lowest BCUT2D eigenvalue weighted by molar-refractivity contribution is -0.280. The molecular weight excluding hydrogens is 1480 g/mol. The third-order valence-corrected chi connectivity index (χ3v) is 22.1. The van der Waals surface area contributed by atoms with Crippen molar-refractivity contribution in [2.24, 2.45) is 0 Å². The number of cyclic esters (lactones) is 2. The number of aliphatic hydroxyl groups excluding tert-OH is 1. The van der Waals surface area contributed by atoms with Gasteiger partial charge in [-0.05, 0) is 71.6 Å². The van der Waals surface area contributed by atoms with E-state index >= 15 is 19.2 Å². The molecule has 39 heteroatoms. The molecule has 6 amide bonds. The predicted octanol–water partition coefficient (Wildman–Crippen LogP) is 4.73. The first-order valence-electron chi connectivity index (χ1n) is 32.4. The highest BCUT2D eigenvalue weighted by Crippen LogP contribution is 2.43. The predicted molar refractivity (Wildman–Crippen MR) is 379 cm³/mol. The van der Waals surface area contributed by atoms with E-state index in [4.69, 9.17) is 43.4 Å². The molecule has 554 valence electrons. The third kappa shape index (κ3) is 14.9. The molecule has 34 nitrogen and oxygen atoms in total. The van der Waals surface area contributed by atoms with Crippen molar-refractivity contribution in [1.82, 2.24) is 71.4 Å². The Kier molecular flexibility index (Phi) is 21.0. The maximum absolute atomic E-state index is 15.2. The van der Waals surface area contributed by atoms with Crippen molar-refractivity contribution in [3.63, 3.8) is 0 Å². The molecule has 12 N–H and O–H groups in total. The van der Waals surface area contributed by atoms with Crippen LogP contribution in [0.2, 0.25) is 0 Å². The number of allylic oxidation sites excluding steroid dienone is 1. The van der Waals surface area contributed by atoms with Crippen molar-refractivity contribution in [1.29, 1.82) is 0 Å². The summed E-state index contributed by atoms with van der Waals surface area (Å²) in [6.07, 6.45) is -7.61. The number of methoxy groups -OCH3 is 1. The van der Waals surface area contributed by atoms with Gasteiger partial charge in [-0.15, -0.1) is 56.7 Å². The number of phenols is 2. The fourth-order valence-electron chi connectivity index (χ4n) is 12.7. The average molecular weight is 1550 g/mol. The van der Waals surface area contributed by atoms with Crippen molar-refractivity contribution in [3.8, 4) is 49.9 Å². The van der Waals surface area contributed by atoms with E-state index in [2.05, 4.69) is 46.9 Å². The van der Waals surface area contributed by atoms with Crippen molar-refractivity contribution < 1.29 is 97.5 Å². The van der Waals surface area contributed by atoms with Crippen molar-refractivity contribution >= 4 is 121 Å². The summed E-state index contributed by atoms with van der Waals surface area (Å²) in [6, 6.07) is 3.96. The van der Waals surface area contributed by atoms with E-state index in [1.54, 1.807) is 45.0 Å². The lowest BCUT2D eigenvalue weighted by Crippen LogP contribution is -2.62. The Bertz CT molecular complexity index is 5000. The number of carbonyl (C=O) groups excluding carboxylic acids is 8. The molecule has 11 heterocycles. The number of rotatable bonds is 11. The normalized spacial score (nSPS) is 23.1. The number of pyridine rings is 1. The minimum Gasteiger partial charge on any atom is -0.508 e. The molecule has 9 aromatic rings. The number of carbonyl (C=O) groups is 8. The van der Waals surface area contributed by atoms with Gasteiger partial charge >= 0.3 is 11.9 Å². The Morgan fingerprint density at radius 2 is 1.42 bits per heavy atom. The Morgan fingerprint density at radius 1 is 0.774 bits per heavy atom. The summed E-state index contributed by atoms with van der Waals surface area (Å²) in [5.41, 5.74) is -2.84. The standard InChI is InChI=1S/C67H66N14O20S5/c1-26(82)45-59(91)78-46(27(2)96-7)62-74-40(25-104-62)58(90)79-49-51-52(101-43-17-67(4,94)53(80(5)6)28(3)100-43)66(93)98-18-29-9-8-10-41-44(29)34(19-97-51)50(81(41)95)65(92)99-20-35(70-56(88)38-24-106-64(49)75-38)61-71-36(21-103-61)47-33(60-72-39(23-102-60)57(89)77-45)16-42(85)48(76-47)63-73-37(22-105-63)55(87)69-12-11-68-54(86)30-13-31(83)15-32(84)14-30/h8-10,13-16,21-26,28,35,43,45,49,51-53,82-85,94-95H,11-12,17-20H2,1-7H3,(H,68,86)(H,69,87)(H,70,88)(H,77,89)(H,78,91)(H,79,90)/b46-27+/t26-,28+,35+,43+,45+,49+,51+,52+,53-,67+/m1/s1. The summed E-state index contributed by atoms with van der Waals surface area (Å²) in [5, 5.41) is 90.4. The molecule has 1 saturated heterocycles. The zero-order valence-electron chi connectivity index (χ0n) is 56.9. The van der Waals surface area contributed by atoms with Gasteiger partial charge < -0.3 is 96.0 Å². The number of aromatic hydroxyl groups is 3. The van der Waals surface area contributed by atoms with Crippen molar-refractivity contribution in [3.05, 3.63) is 135 Å². The maximum atomic E-state index is 15.2. The van der Waals surface area contributed by atoms with E-state index in [1.165, 1.54) is 60.0 Å². The highest BCUT2D eigenvalue weighted by Gasteiger charge is 2.50. The fourth-order valence-corrected chi connectivity index (χ4v) is 16.9. The van der Waals surface area contributed by atoms with Crippen LogP contribution >= 0.6 is 56.7 Å². The summed E-state index contributed by atoms with van der Waals surface area (Å²) in [4.78, 5) is 146. The Balaban J connectivity index is 0.935. The number of hydrogen-bond donors (Lipinski definition) is 12. The van der Waals surface area contributed by atoms with Crippen LogP contribution in [0.4, 0.5) is 0 Å². The number of ether oxygens (including phenoxy) is 6. The highest BCUT2D eigenvalue weighted by atomic mass is 32.1. The molecule has 0 spiro atoms. The number of nitrogens with one attached hydrogen (secondary N) is 6. The minimum absolute atomic E-state index is 0.00422. The molecule has 0 unspecified atom stereocenters. The quantitative estimate of drug-likeness (QED) is 0.0360. The van der Waals surface area contributed by atoms with Crippen LogP contribution in [0.5, 0.6) is 17.2 Å². The minimum atomic E-state index is -1.93. The van der Waals surface area contributed by atoms with Crippen LogP contribution in [0.1, 0.15) is 135 Å². The topological polar surface area (TPSA) is 471 Å². The first-order valence-corrected chi connectivity index (χ1v) is 36.8. The molecule has 0 saturated carbocycles. The van der Waals surface area contributed by atoms with Gasteiger partial charge in [-0.25, -0.2) is 39.5 Å². The molecule has 1 fully saturated rings. The van der Waals surface area contributed by atoms with Gasteiger partial charge in [0.25, 0.3) is 29.5 Å². The van der Waals surface area contributed by atoms with Gasteiger partial charge in [-0.2, -0.15) is 4.73 Å². The molecule has 10 atom stereocenters. The number of nitrogens with zero attached hydrogens (tertiary/aromatic N) is 8. The molecule has 106 heavy (non-hydrogen) atoms. The molecular formula is C67H66N14O20S5. The Morgan fingerprint density at radius 3 is 2.14 bits per heavy atom. The van der Waals surface area contributed by atoms with E-state index in [9.17, 15) is 49.9 Å². The number of aliphatic hydroxyl groups is 2. The van der Waals surface area contributed by atoms with E-state index < -0.39 is 139 Å². The van der Waals surface area contributed by atoms with E-state index in [1.807, 2.05) is 0 Å². The molecule has 4 aliphatic rings. The van der Waals surface area contributed by atoms with Crippen LogP contribution in [-0.2, 0) is 51.2 Å². The van der Waals surface area contributed by atoms with E-state index in [0.717, 1.165) is 74.9 Å². The number of aromatic nitrogens is 7. The summed E-state index contributed by atoms with van der Waals surface area (Å²) < 4.78 is 38.3. The van der Waals surface area contributed by atoms with E-state index in [0.29, 0.717) is 10.3 Å². The summed E-state index contributed by atoms with van der Waals surface area (Å²) >= 11 is 4.49. The Labute approximate surface area is 620 Å². The molecule has 4 aliphatic heterocycles. The van der Waals surface area contributed by atoms with Crippen LogP contribution in [0.25, 0.3) is 49.3 Å². The van der Waals surface area contributed by atoms with Gasteiger partial charge in [0.15, 0.2) is 18.1 Å². The van der Waals surface area contributed by atoms with Gasteiger partial charge in [0, 0.05) is 74.6 Å². The lowest BCUT2D eigenvalue weighted by atomic mass is 9.85. The van der Waals surface area contributed by atoms with Crippen LogP contribution in [-0.4, -0.2) is 207 Å². The van der Waals surface area contributed by atoms with Gasteiger partial charge in [-0.1, -0.05) is 12.1 Å². The number of phenolic OH excluding ortho intramolecular Hbond substituents is 2. The number of hydrogen-bond acceptors (Lipinski definition) is 32. The highest BCUT2D eigenvalue weighted by molar-refractivity contribution is 7.14. The Hall–Kier alpha value is -10.5. The number of fused-ring (bicyclic) bond motifs is 15. The molecule has 2 aromatic carbocycles. The summed E-state index contributed by atoms with van der Waals surface area (Å²) in [6.45, 7) is 4.03. The van der Waals surface area contributed by atoms with Gasteiger partial charge in [0.2, 0.25) is 5.91 Å². The number of amides is 6. The largest absolute Gasteiger partial charge is 0.508 e. The smallest absolute Gasteiger partial charge is 0.358 e. The SMILES string of the molecule is CO/C(C)=C1/NC(=O)[C@H]([C@@H](C)O)NC(=O)c2csc(n2)-c2cc(O)c(-c3nc(C(=O)NCCNC(=O)c4cc(O)cc(O)c4)cs3)nc2-c2csc(n2)[C@@H]2COC(=O)c3c4c5c(cccc5n3O)COC(=O)[C@@H](O[C@H]3C[C@](C)(O)[C@H](N(C)C)[C@H](C)O3)[C@@H](OC4)[C@H](NC(=O)c3csc1n3)c1nc(cs1)C(=O)N2. The number of likely N-dealkylation sites (N-methyl/N-ethyl adjacent to an activating group) is 1. The zero-order chi connectivity index (χ0) is 75.3. The maximum Gasteiger partial charge on any atom is 0.358 e. The number of thiazole rings is 5. The van der Waals surface area contributed by atoms with Gasteiger partial charge in [0.05, 0.1) is 43.1 Å². The summed E-state index contributed by atoms with van der Waals surface area (Å²) in [5.74, 6) is -8.44. The zero-order valence-corrected chi connectivity index (χ0v) is 61.0. The average Bonchev–Trinajstić information content (AvgIpc) is 1.58. The van der Waals surface area contributed by atoms with Crippen LogP contribution in [0.15, 0.2) is 75.1 Å². The lowest BCUT2D eigenvalue weighted by Gasteiger charge is -2.48. The van der Waals surface area contributed by atoms with Crippen molar-refractivity contribution in [2.75, 3.05) is 40.9 Å². The van der Waals surface area contributed by atoms with E-state index in [-0.39, 0.29) is 135 Å². The van der Waals surface area contributed by atoms with Gasteiger partial charge in [0.1, 0.15) is 131 Å². The summed E-state index contributed by atoms with van der Waals surface area (Å²) in [7, 11) is 4.83. The second-order valence-corrected chi connectivity index (χ2v) is 29.6. The monoisotopic (exact) mass is 1550 g/mol. The van der Waals surface area contributed by atoms with Crippen molar-refractivity contribution in [2.45, 2.75) is 108 Å². The van der Waals surface area contributed by atoms with Crippen LogP contribution < -0.4 is 31.9 Å². The number of esters is 2. The van der Waals surface area contributed by atoms with Crippen LogP contribution in [0, 0.1) is 0 Å².